The summed E-state index contributed by atoms with van der Waals surface area (Å²) in [6.45, 7) is 1.70. The van der Waals surface area contributed by atoms with Crippen LogP contribution in [0.5, 0.6) is 0 Å². The minimum absolute atomic E-state index is 0.0195. The molecule has 14 heavy (non-hydrogen) atoms. The highest BCUT2D eigenvalue weighted by molar-refractivity contribution is 7.91. The third-order valence-electron chi connectivity index (χ3n) is 1.74. The maximum atomic E-state index is 11.0. The van der Waals surface area contributed by atoms with Crippen LogP contribution >= 0.6 is 0 Å². The van der Waals surface area contributed by atoms with Crippen molar-refractivity contribution in [1.29, 1.82) is 0 Å². The second kappa shape index (κ2) is 6.78. The van der Waals surface area contributed by atoms with Gasteiger partial charge in [0.15, 0.2) is 9.84 Å². The largest absolute Gasteiger partial charge is 0.396 e. The fourth-order valence-electron chi connectivity index (χ4n) is 0.818. The predicted molar refractivity (Wildman–Crippen MR) is 53.7 cm³/mol. The molecular formula is C8H17NO4S. The summed E-state index contributed by atoms with van der Waals surface area (Å²) in [5.41, 5.74) is 0. The van der Waals surface area contributed by atoms with E-state index in [9.17, 15) is 13.2 Å². The average Bonchev–Trinajstić information content (AvgIpc) is 2.14. The van der Waals surface area contributed by atoms with Gasteiger partial charge in [0.1, 0.15) is 0 Å². The van der Waals surface area contributed by atoms with Crippen LogP contribution in [0.1, 0.15) is 19.8 Å². The molecule has 0 aliphatic rings. The summed E-state index contributed by atoms with van der Waals surface area (Å²) in [7, 11) is -3.00. The molecule has 0 aromatic rings. The van der Waals surface area contributed by atoms with E-state index in [1.165, 1.54) is 0 Å². The van der Waals surface area contributed by atoms with Crippen molar-refractivity contribution < 1.29 is 18.3 Å². The number of rotatable bonds is 7. The molecular weight excluding hydrogens is 206 g/mol. The Balaban J connectivity index is 3.59. The molecule has 0 radical (unpaired) electrons. The Bertz CT molecular complexity index is 261. The Labute approximate surface area is 84.4 Å². The monoisotopic (exact) mass is 223 g/mol. The number of hydrogen-bond acceptors (Lipinski definition) is 4. The average molecular weight is 223 g/mol. The Kier molecular flexibility index (Phi) is 6.48. The first-order chi connectivity index (χ1) is 6.52. The third kappa shape index (κ3) is 6.85. The van der Waals surface area contributed by atoms with E-state index in [-0.39, 0.29) is 37.0 Å². The second-order valence-corrected chi connectivity index (χ2v) is 5.39. The lowest BCUT2D eigenvalue weighted by Crippen LogP contribution is -2.29. The molecule has 84 valence electrons. The van der Waals surface area contributed by atoms with Crippen molar-refractivity contribution in [2.24, 2.45) is 0 Å². The van der Waals surface area contributed by atoms with Crippen molar-refractivity contribution in [3.63, 3.8) is 0 Å². The van der Waals surface area contributed by atoms with Gasteiger partial charge >= 0.3 is 0 Å². The molecule has 0 atom stereocenters. The Morgan fingerprint density at radius 2 is 2.07 bits per heavy atom. The maximum absolute atomic E-state index is 11.0. The number of carbonyl (C=O) groups excluding carboxylic acids is 1. The zero-order valence-electron chi connectivity index (χ0n) is 8.32. The van der Waals surface area contributed by atoms with Crippen LogP contribution in [0.15, 0.2) is 0 Å². The minimum atomic E-state index is -3.00. The van der Waals surface area contributed by atoms with E-state index in [1.54, 1.807) is 6.92 Å². The number of hydrogen-bond donors (Lipinski definition) is 2. The fraction of sp³-hybridized carbons (Fsp3) is 0.875. The van der Waals surface area contributed by atoms with E-state index >= 15 is 0 Å². The van der Waals surface area contributed by atoms with E-state index in [2.05, 4.69) is 5.32 Å². The molecule has 6 heteroatoms. The highest BCUT2D eigenvalue weighted by Crippen LogP contribution is 1.89. The van der Waals surface area contributed by atoms with Crippen molar-refractivity contribution in [1.82, 2.24) is 5.32 Å². The molecule has 0 unspecified atom stereocenters. The number of carbonyl (C=O) groups is 1. The van der Waals surface area contributed by atoms with Crippen LogP contribution in [-0.4, -0.2) is 44.1 Å². The van der Waals surface area contributed by atoms with E-state index in [1.807, 2.05) is 0 Å². The number of sulfone groups is 1. The molecule has 0 bridgehead atoms. The lowest BCUT2D eigenvalue weighted by molar-refractivity contribution is -0.121. The fourth-order valence-corrected chi connectivity index (χ4v) is 1.52. The van der Waals surface area contributed by atoms with Gasteiger partial charge < -0.3 is 10.4 Å². The minimum Gasteiger partial charge on any atom is -0.396 e. The van der Waals surface area contributed by atoms with Gasteiger partial charge in [-0.05, 0) is 6.42 Å². The van der Waals surface area contributed by atoms with Crippen LogP contribution in [0, 0.1) is 0 Å². The molecule has 1 amide bonds. The van der Waals surface area contributed by atoms with Gasteiger partial charge in [-0.3, -0.25) is 4.79 Å². The van der Waals surface area contributed by atoms with Gasteiger partial charge in [0.2, 0.25) is 5.91 Å². The van der Waals surface area contributed by atoms with E-state index in [0.29, 0.717) is 6.42 Å². The molecule has 2 N–H and O–H groups in total. The van der Waals surface area contributed by atoms with Crippen molar-refractivity contribution in [3.8, 4) is 0 Å². The molecule has 0 saturated heterocycles. The molecule has 0 aliphatic carbocycles. The number of aliphatic hydroxyl groups is 1. The zero-order chi connectivity index (χ0) is 11.0. The SMILES string of the molecule is CCS(=O)(=O)CCNC(=O)CCCO. The molecule has 0 rings (SSSR count). The first kappa shape index (κ1) is 13.4. The summed E-state index contributed by atoms with van der Waals surface area (Å²) >= 11 is 0. The molecule has 0 spiro atoms. The van der Waals surface area contributed by atoms with Crippen molar-refractivity contribution in [3.05, 3.63) is 0 Å². The smallest absolute Gasteiger partial charge is 0.220 e. The van der Waals surface area contributed by atoms with Gasteiger partial charge in [-0.2, -0.15) is 0 Å². The zero-order valence-corrected chi connectivity index (χ0v) is 9.14. The van der Waals surface area contributed by atoms with Gasteiger partial charge in [-0.1, -0.05) is 6.92 Å². The Hall–Kier alpha value is -0.620. The van der Waals surface area contributed by atoms with Gasteiger partial charge in [0.25, 0.3) is 0 Å². The summed E-state index contributed by atoms with van der Waals surface area (Å²) < 4.78 is 22.0. The maximum Gasteiger partial charge on any atom is 0.220 e. The summed E-state index contributed by atoms with van der Waals surface area (Å²) in [5.74, 6) is -0.140. The summed E-state index contributed by atoms with van der Waals surface area (Å²) in [5, 5.41) is 10.9. The van der Waals surface area contributed by atoms with Crippen LogP contribution in [0.4, 0.5) is 0 Å². The van der Waals surface area contributed by atoms with E-state index in [0.717, 1.165) is 0 Å². The van der Waals surface area contributed by atoms with Crippen LogP contribution in [0.25, 0.3) is 0 Å². The van der Waals surface area contributed by atoms with Crippen LogP contribution in [0.3, 0.4) is 0 Å². The Morgan fingerprint density at radius 1 is 1.43 bits per heavy atom. The molecule has 0 fully saturated rings. The van der Waals surface area contributed by atoms with Crippen LogP contribution < -0.4 is 5.32 Å². The molecule has 0 heterocycles. The number of aliphatic hydroxyl groups excluding tert-OH is 1. The predicted octanol–water partition coefficient (Wildman–Crippen LogP) is -0.690. The normalized spacial score (nSPS) is 11.3. The van der Waals surface area contributed by atoms with Gasteiger partial charge in [0.05, 0.1) is 5.75 Å². The first-order valence-corrected chi connectivity index (χ1v) is 6.42. The lowest BCUT2D eigenvalue weighted by Gasteiger charge is -2.04. The standard InChI is InChI=1S/C8H17NO4S/c1-2-14(12,13)7-5-9-8(11)4-3-6-10/h10H,2-7H2,1H3,(H,9,11). The first-order valence-electron chi connectivity index (χ1n) is 4.60. The van der Waals surface area contributed by atoms with Crippen LogP contribution in [0.2, 0.25) is 0 Å². The van der Waals surface area contributed by atoms with Gasteiger partial charge in [0, 0.05) is 25.3 Å². The third-order valence-corrected chi connectivity index (χ3v) is 3.44. The van der Waals surface area contributed by atoms with E-state index < -0.39 is 9.84 Å². The topological polar surface area (TPSA) is 83.5 Å². The molecule has 0 aromatic heterocycles. The number of nitrogens with one attached hydrogen (secondary N) is 1. The van der Waals surface area contributed by atoms with Crippen LogP contribution in [-0.2, 0) is 14.6 Å². The summed E-state index contributed by atoms with van der Waals surface area (Å²) in [6.07, 6.45) is 0.648. The molecule has 0 aromatic carbocycles. The van der Waals surface area contributed by atoms with Gasteiger partial charge in [-0.25, -0.2) is 8.42 Å². The van der Waals surface area contributed by atoms with Gasteiger partial charge in [-0.15, -0.1) is 0 Å². The number of amides is 1. The summed E-state index contributed by atoms with van der Waals surface area (Å²) in [6, 6.07) is 0. The van der Waals surface area contributed by atoms with Crippen molar-refractivity contribution >= 4 is 15.7 Å². The van der Waals surface area contributed by atoms with E-state index in [4.69, 9.17) is 5.11 Å². The molecule has 0 aliphatic heterocycles. The molecule has 0 saturated carbocycles. The quantitative estimate of drug-likeness (QED) is 0.598. The summed E-state index contributed by atoms with van der Waals surface area (Å²) in [4.78, 5) is 11.0. The highest BCUT2D eigenvalue weighted by Gasteiger charge is 2.07. The second-order valence-electron chi connectivity index (χ2n) is 2.91. The Morgan fingerprint density at radius 3 is 2.57 bits per heavy atom. The van der Waals surface area contributed by atoms with Crippen molar-refractivity contribution in [2.75, 3.05) is 24.7 Å². The lowest BCUT2D eigenvalue weighted by atomic mass is 10.3. The highest BCUT2D eigenvalue weighted by atomic mass is 32.2. The molecule has 5 nitrogen and oxygen atoms in total. The van der Waals surface area contributed by atoms with Crippen molar-refractivity contribution in [2.45, 2.75) is 19.8 Å².